The molecule has 0 fully saturated rings. The maximum atomic E-state index is 12.6. The Kier molecular flexibility index (Phi) is 7.68. The number of esters is 1. The van der Waals surface area contributed by atoms with Crippen LogP contribution in [0, 0.1) is 0 Å². The smallest absolute Gasteiger partial charge is 0.340 e. The van der Waals surface area contributed by atoms with Crippen LogP contribution in [0.3, 0.4) is 0 Å². The number of benzene rings is 1. The molecule has 1 aromatic heterocycles. The van der Waals surface area contributed by atoms with Gasteiger partial charge in [-0.3, -0.25) is 14.6 Å². The number of para-hydroxylation sites is 1. The highest BCUT2D eigenvalue weighted by molar-refractivity contribution is 6.08. The SMILES string of the molecule is CCCCN(C)C(=O)c1cc(C(=O)Nc2ccccc2C(=O)OCC)ccn1. The second-order valence-electron chi connectivity index (χ2n) is 6.23. The van der Waals surface area contributed by atoms with Gasteiger partial charge in [-0.2, -0.15) is 0 Å². The summed E-state index contributed by atoms with van der Waals surface area (Å²) in [5.74, 6) is -1.19. The molecule has 2 rings (SSSR count). The van der Waals surface area contributed by atoms with Crippen molar-refractivity contribution in [2.75, 3.05) is 25.5 Å². The van der Waals surface area contributed by atoms with E-state index in [4.69, 9.17) is 4.74 Å². The molecule has 0 bridgehead atoms. The molecule has 0 spiro atoms. The van der Waals surface area contributed by atoms with Gasteiger partial charge in [-0.15, -0.1) is 0 Å². The molecule has 7 nitrogen and oxygen atoms in total. The van der Waals surface area contributed by atoms with Crippen molar-refractivity contribution in [1.29, 1.82) is 0 Å². The van der Waals surface area contributed by atoms with Gasteiger partial charge in [0, 0.05) is 25.4 Å². The van der Waals surface area contributed by atoms with Crippen molar-refractivity contribution in [3.8, 4) is 0 Å². The molecule has 0 aliphatic rings. The van der Waals surface area contributed by atoms with Crippen LogP contribution in [0.2, 0.25) is 0 Å². The number of unbranched alkanes of at least 4 members (excludes halogenated alkanes) is 1. The Morgan fingerprint density at radius 2 is 1.89 bits per heavy atom. The normalized spacial score (nSPS) is 10.2. The van der Waals surface area contributed by atoms with Gasteiger partial charge < -0.3 is 15.0 Å². The zero-order valence-corrected chi connectivity index (χ0v) is 16.4. The Bertz CT molecular complexity index is 851. The third-order valence-corrected chi connectivity index (χ3v) is 4.11. The molecule has 0 aliphatic heterocycles. The van der Waals surface area contributed by atoms with E-state index in [-0.39, 0.29) is 29.3 Å². The number of pyridine rings is 1. The molecule has 1 aromatic carbocycles. The fourth-order valence-electron chi connectivity index (χ4n) is 2.55. The fraction of sp³-hybridized carbons (Fsp3) is 0.333. The molecule has 0 atom stereocenters. The number of rotatable bonds is 8. The maximum absolute atomic E-state index is 12.6. The predicted molar refractivity (Wildman–Crippen MR) is 106 cm³/mol. The minimum absolute atomic E-state index is 0.199. The van der Waals surface area contributed by atoms with E-state index in [0.717, 1.165) is 12.8 Å². The number of carbonyl (C=O) groups excluding carboxylic acids is 3. The van der Waals surface area contributed by atoms with Crippen molar-refractivity contribution in [1.82, 2.24) is 9.88 Å². The third-order valence-electron chi connectivity index (χ3n) is 4.11. The standard InChI is InChI=1S/C21H25N3O4/c1-4-6-13-24(3)20(26)18-14-15(11-12-22-18)19(25)23-17-10-8-7-9-16(17)21(27)28-5-2/h7-12,14H,4-6,13H2,1-3H3,(H,23,25). The molecule has 0 unspecified atom stereocenters. The van der Waals surface area contributed by atoms with E-state index in [1.165, 1.54) is 18.3 Å². The number of anilines is 1. The average Bonchev–Trinajstić information content (AvgIpc) is 2.72. The van der Waals surface area contributed by atoms with E-state index in [2.05, 4.69) is 17.2 Å². The monoisotopic (exact) mass is 383 g/mol. The first-order valence-corrected chi connectivity index (χ1v) is 9.26. The first-order valence-electron chi connectivity index (χ1n) is 9.26. The molecule has 148 valence electrons. The molecule has 1 heterocycles. The van der Waals surface area contributed by atoms with Gasteiger partial charge in [-0.1, -0.05) is 25.5 Å². The minimum Gasteiger partial charge on any atom is -0.462 e. The highest BCUT2D eigenvalue weighted by atomic mass is 16.5. The number of amides is 2. The summed E-state index contributed by atoms with van der Waals surface area (Å²) >= 11 is 0. The van der Waals surface area contributed by atoms with Crippen LogP contribution in [-0.2, 0) is 4.74 Å². The van der Waals surface area contributed by atoms with Gasteiger partial charge in [0.05, 0.1) is 17.9 Å². The zero-order valence-electron chi connectivity index (χ0n) is 16.4. The lowest BCUT2D eigenvalue weighted by atomic mass is 10.1. The van der Waals surface area contributed by atoms with Gasteiger partial charge in [0.15, 0.2) is 0 Å². The maximum Gasteiger partial charge on any atom is 0.340 e. The summed E-state index contributed by atoms with van der Waals surface area (Å²) in [6.45, 7) is 4.63. The molecule has 2 aromatic rings. The van der Waals surface area contributed by atoms with Crippen LogP contribution in [0.15, 0.2) is 42.6 Å². The molecule has 7 heteroatoms. The summed E-state index contributed by atoms with van der Waals surface area (Å²) in [5, 5.41) is 2.70. The van der Waals surface area contributed by atoms with Crippen molar-refractivity contribution in [3.05, 3.63) is 59.4 Å². The molecule has 28 heavy (non-hydrogen) atoms. The van der Waals surface area contributed by atoms with Gasteiger partial charge in [0.25, 0.3) is 11.8 Å². The number of aromatic nitrogens is 1. The minimum atomic E-state index is -0.512. The van der Waals surface area contributed by atoms with Crippen LogP contribution in [0.5, 0.6) is 0 Å². The zero-order chi connectivity index (χ0) is 20.5. The predicted octanol–water partition coefficient (Wildman–Crippen LogP) is 3.38. The number of ether oxygens (including phenoxy) is 1. The van der Waals surface area contributed by atoms with E-state index >= 15 is 0 Å². The second-order valence-corrected chi connectivity index (χ2v) is 6.23. The van der Waals surface area contributed by atoms with Crippen LogP contribution >= 0.6 is 0 Å². The quantitative estimate of drug-likeness (QED) is 0.706. The largest absolute Gasteiger partial charge is 0.462 e. The lowest BCUT2D eigenvalue weighted by molar-refractivity contribution is 0.0527. The lowest BCUT2D eigenvalue weighted by Crippen LogP contribution is -2.28. The first kappa shape index (κ1) is 21.1. The van der Waals surface area contributed by atoms with E-state index in [1.807, 2.05) is 0 Å². The Morgan fingerprint density at radius 1 is 1.14 bits per heavy atom. The van der Waals surface area contributed by atoms with Crippen LogP contribution < -0.4 is 5.32 Å². The number of hydrogen-bond donors (Lipinski definition) is 1. The van der Waals surface area contributed by atoms with Crippen molar-refractivity contribution < 1.29 is 19.1 Å². The van der Waals surface area contributed by atoms with E-state index in [9.17, 15) is 14.4 Å². The molecule has 0 aliphatic carbocycles. The lowest BCUT2D eigenvalue weighted by Gasteiger charge is -2.16. The highest BCUT2D eigenvalue weighted by Crippen LogP contribution is 2.18. The van der Waals surface area contributed by atoms with Crippen molar-refractivity contribution >= 4 is 23.5 Å². The van der Waals surface area contributed by atoms with Gasteiger partial charge in [0.1, 0.15) is 5.69 Å². The third kappa shape index (κ3) is 5.39. The molecule has 1 N–H and O–H groups in total. The van der Waals surface area contributed by atoms with Crippen molar-refractivity contribution in [3.63, 3.8) is 0 Å². The van der Waals surface area contributed by atoms with Crippen LogP contribution in [-0.4, -0.2) is 47.9 Å². The van der Waals surface area contributed by atoms with Crippen LogP contribution in [0.25, 0.3) is 0 Å². The van der Waals surface area contributed by atoms with Crippen molar-refractivity contribution in [2.45, 2.75) is 26.7 Å². The topological polar surface area (TPSA) is 88.6 Å². The summed E-state index contributed by atoms with van der Waals surface area (Å²) < 4.78 is 5.01. The molecular formula is C21H25N3O4. The Labute approximate surface area is 164 Å². The molecular weight excluding hydrogens is 358 g/mol. The Balaban J connectivity index is 2.18. The van der Waals surface area contributed by atoms with Crippen LogP contribution in [0.1, 0.15) is 57.9 Å². The second kappa shape index (κ2) is 10.2. The number of nitrogens with one attached hydrogen (secondary N) is 1. The van der Waals surface area contributed by atoms with E-state index < -0.39 is 11.9 Å². The van der Waals surface area contributed by atoms with Gasteiger partial charge >= 0.3 is 5.97 Å². The van der Waals surface area contributed by atoms with Gasteiger partial charge in [-0.25, -0.2) is 4.79 Å². The number of hydrogen-bond acceptors (Lipinski definition) is 5. The summed E-state index contributed by atoms with van der Waals surface area (Å²) in [6, 6.07) is 9.58. The Hall–Kier alpha value is -3.22. The van der Waals surface area contributed by atoms with Gasteiger partial charge in [0.2, 0.25) is 0 Å². The first-order chi connectivity index (χ1) is 13.5. The number of nitrogens with zero attached hydrogens (tertiary/aromatic N) is 2. The molecule has 0 saturated heterocycles. The highest BCUT2D eigenvalue weighted by Gasteiger charge is 2.18. The van der Waals surface area contributed by atoms with Gasteiger partial charge in [-0.05, 0) is 37.6 Å². The average molecular weight is 383 g/mol. The van der Waals surface area contributed by atoms with Crippen molar-refractivity contribution in [2.24, 2.45) is 0 Å². The fourth-order valence-corrected chi connectivity index (χ4v) is 2.55. The molecule has 2 amide bonds. The van der Waals surface area contributed by atoms with Crippen LogP contribution in [0.4, 0.5) is 5.69 Å². The Morgan fingerprint density at radius 3 is 2.61 bits per heavy atom. The summed E-state index contributed by atoms with van der Waals surface area (Å²) in [7, 11) is 1.71. The van der Waals surface area contributed by atoms with E-state index in [1.54, 1.807) is 43.1 Å². The number of carbonyl (C=O) groups is 3. The molecule has 0 saturated carbocycles. The van der Waals surface area contributed by atoms with E-state index in [0.29, 0.717) is 12.2 Å². The summed E-state index contributed by atoms with van der Waals surface area (Å²) in [5.41, 5.74) is 1.09. The summed E-state index contributed by atoms with van der Waals surface area (Å²) in [6.07, 6.45) is 3.30. The molecule has 0 radical (unpaired) electrons. The summed E-state index contributed by atoms with van der Waals surface area (Å²) in [4.78, 5) is 42.8.